The minimum absolute atomic E-state index is 0.203. The van der Waals surface area contributed by atoms with Crippen molar-refractivity contribution in [3.63, 3.8) is 0 Å². The average molecular weight is 338 g/mol. The van der Waals surface area contributed by atoms with Crippen molar-refractivity contribution in [2.45, 2.75) is 19.4 Å². The highest BCUT2D eigenvalue weighted by molar-refractivity contribution is 6.10. The van der Waals surface area contributed by atoms with Crippen molar-refractivity contribution in [2.24, 2.45) is 0 Å². The lowest BCUT2D eigenvalue weighted by molar-refractivity contribution is -0.142. The van der Waals surface area contributed by atoms with E-state index in [-0.39, 0.29) is 24.5 Å². The standard InChI is InChI=1S/C20H22N2O3/c1-22(20(25)14-18(23)17-10-6-3-7-11-17)19(24)12-13-21-15-16-8-4-2-5-9-16/h2-11,21H,12-15H2,1H3. The second kappa shape index (κ2) is 9.49. The van der Waals surface area contributed by atoms with Crippen LogP contribution < -0.4 is 5.32 Å². The minimum Gasteiger partial charge on any atom is -0.312 e. The summed E-state index contributed by atoms with van der Waals surface area (Å²) in [6.45, 7) is 1.14. The third-order valence-corrected chi connectivity index (χ3v) is 3.84. The molecule has 0 aliphatic carbocycles. The van der Waals surface area contributed by atoms with Gasteiger partial charge in [0.05, 0.1) is 6.42 Å². The molecule has 0 fully saturated rings. The predicted molar refractivity (Wildman–Crippen MR) is 95.9 cm³/mol. The van der Waals surface area contributed by atoms with E-state index < -0.39 is 5.91 Å². The molecule has 1 N–H and O–H groups in total. The summed E-state index contributed by atoms with van der Waals surface area (Å²) in [5, 5.41) is 3.17. The van der Waals surface area contributed by atoms with E-state index in [2.05, 4.69) is 5.32 Å². The molecule has 0 atom stereocenters. The number of hydrogen-bond donors (Lipinski definition) is 1. The Balaban J connectivity index is 1.73. The molecule has 0 heterocycles. The maximum Gasteiger partial charge on any atom is 0.236 e. The molecule has 0 bridgehead atoms. The SMILES string of the molecule is CN(C(=O)CCNCc1ccccc1)C(=O)CC(=O)c1ccccc1. The van der Waals surface area contributed by atoms with Gasteiger partial charge in [0.15, 0.2) is 5.78 Å². The van der Waals surface area contributed by atoms with Gasteiger partial charge >= 0.3 is 0 Å². The van der Waals surface area contributed by atoms with Crippen LogP contribution in [0, 0.1) is 0 Å². The maximum absolute atomic E-state index is 12.1. The maximum atomic E-state index is 12.1. The lowest BCUT2D eigenvalue weighted by atomic mass is 10.1. The van der Waals surface area contributed by atoms with Crippen LogP contribution in [0.2, 0.25) is 0 Å². The van der Waals surface area contributed by atoms with Crippen molar-refractivity contribution in [2.75, 3.05) is 13.6 Å². The van der Waals surface area contributed by atoms with Crippen molar-refractivity contribution in [1.29, 1.82) is 0 Å². The molecule has 0 aliphatic heterocycles. The summed E-state index contributed by atoms with van der Waals surface area (Å²) in [6, 6.07) is 18.5. The zero-order chi connectivity index (χ0) is 18.1. The fourth-order valence-electron chi connectivity index (χ4n) is 2.31. The molecule has 5 nitrogen and oxygen atoms in total. The van der Waals surface area contributed by atoms with Gasteiger partial charge in [-0.25, -0.2) is 0 Å². The van der Waals surface area contributed by atoms with Gasteiger partial charge in [-0.15, -0.1) is 0 Å². The van der Waals surface area contributed by atoms with Gasteiger partial charge in [0.25, 0.3) is 0 Å². The Morgan fingerprint density at radius 2 is 1.48 bits per heavy atom. The molecule has 2 aromatic carbocycles. The number of carbonyl (C=O) groups is 3. The Bertz CT molecular complexity index is 714. The van der Waals surface area contributed by atoms with Crippen LogP contribution in [-0.4, -0.2) is 36.1 Å². The molecule has 5 heteroatoms. The van der Waals surface area contributed by atoms with E-state index in [0.29, 0.717) is 18.7 Å². The number of benzene rings is 2. The summed E-state index contributed by atoms with van der Waals surface area (Å²) in [5.74, 6) is -1.07. The van der Waals surface area contributed by atoms with Gasteiger partial charge in [0, 0.05) is 32.1 Å². The van der Waals surface area contributed by atoms with Crippen molar-refractivity contribution in [1.82, 2.24) is 10.2 Å². The molecule has 130 valence electrons. The van der Waals surface area contributed by atoms with Crippen LogP contribution in [0.3, 0.4) is 0 Å². The second-order valence-corrected chi connectivity index (χ2v) is 5.72. The topological polar surface area (TPSA) is 66.5 Å². The number of carbonyl (C=O) groups excluding carboxylic acids is 3. The number of ketones is 1. The number of Topliss-reactive ketones (excluding diaryl/α,β-unsaturated/α-hetero) is 1. The number of hydrogen-bond acceptors (Lipinski definition) is 4. The fourth-order valence-corrected chi connectivity index (χ4v) is 2.31. The Hall–Kier alpha value is -2.79. The Morgan fingerprint density at radius 3 is 2.12 bits per heavy atom. The quantitative estimate of drug-likeness (QED) is 0.456. The molecule has 2 aromatic rings. The molecule has 0 radical (unpaired) electrons. The largest absolute Gasteiger partial charge is 0.312 e. The monoisotopic (exact) mass is 338 g/mol. The number of amides is 2. The molecule has 0 saturated carbocycles. The average Bonchev–Trinajstić information content (AvgIpc) is 2.65. The molecule has 2 amide bonds. The van der Waals surface area contributed by atoms with Crippen LogP contribution in [0.15, 0.2) is 60.7 Å². The zero-order valence-electron chi connectivity index (χ0n) is 14.3. The Labute approximate surface area is 147 Å². The first-order valence-electron chi connectivity index (χ1n) is 8.20. The highest BCUT2D eigenvalue weighted by atomic mass is 16.2. The van der Waals surface area contributed by atoms with Crippen molar-refractivity contribution in [3.8, 4) is 0 Å². The van der Waals surface area contributed by atoms with E-state index in [0.717, 1.165) is 10.5 Å². The van der Waals surface area contributed by atoms with Crippen molar-refractivity contribution in [3.05, 3.63) is 71.8 Å². The van der Waals surface area contributed by atoms with Crippen LogP contribution >= 0.6 is 0 Å². The number of nitrogens with one attached hydrogen (secondary N) is 1. The van der Waals surface area contributed by atoms with Gasteiger partial charge in [-0.3, -0.25) is 19.3 Å². The van der Waals surface area contributed by atoms with Gasteiger partial charge in [-0.1, -0.05) is 60.7 Å². The van der Waals surface area contributed by atoms with Crippen molar-refractivity contribution >= 4 is 17.6 Å². The third kappa shape index (κ3) is 5.97. The van der Waals surface area contributed by atoms with E-state index in [9.17, 15) is 14.4 Å². The molecular formula is C20H22N2O3. The van der Waals surface area contributed by atoms with Gasteiger partial charge in [0.2, 0.25) is 11.8 Å². The fraction of sp³-hybridized carbons (Fsp3) is 0.250. The molecule has 0 saturated heterocycles. The number of nitrogens with zero attached hydrogens (tertiary/aromatic N) is 1. The van der Waals surface area contributed by atoms with Crippen LogP contribution in [-0.2, 0) is 16.1 Å². The first-order chi connectivity index (χ1) is 12.1. The minimum atomic E-state index is -0.484. The number of rotatable bonds is 8. The van der Waals surface area contributed by atoms with Crippen LogP contribution in [0.4, 0.5) is 0 Å². The molecular weight excluding hydrogens is 316 g/mol. The Kier molecular flexibility index (Phi) is 7.04. The van der Waals surface area contributed by atoms with E-state index in [1.807, 2.05) is 30.3 Å². The summed E-state index contributed by atoms with van der Waals surface area (Å²) >= 11 is 0. The summed E-state index contributed by atoms with van der Waals surface area (Å²) < 4.78 is 0. The Morgan fingerprint density at radius 1 is 0.880 bits per heavy atom. The smallest absolute Gasteiger partial charge is 0.236 e. The second-order valence-electron chi connectivity index (χ2n) is 5.72. The first kappa shape index (κ1) is 18.5. The van der Waals surface area contributed by atoms with E-state index >= 15 is 0 Å². The normalized spacial score (nSPS) is 10.3. The summed E-state index contributed by atoms with van der Waals surface area (Å²) in [5.41, 5.74) is 1.61. The van der Waals surface area contributed by atoms with Gasteiger partial charge < -0.3 is 5.32 Å². The zero-order valence-corrected chi connectivity index (χ0v) is 14.3. The van der Waals surface area contributed by atoms with Gasteiger partial charge in [-0.05, 0) is 5.56 Å². The molecule has 0 aromatic heterocycles. The van der Waals surface area contributed by atoms with E-state index in [4.69, 9.17) is 0 Å². The molecule has 0 unspecified atom stereocenters. The van der Waals surface area contributed by atoms with E-state index in [1.165, 1.54) is 7.05 Å². The highest BCUT2D eigenvalue weighted by Gasteiger charge is 2.19. The first-order valence-corrected chi connectivity index (χ1v) is 8.20. The molecule has 0 aliphatic rings. The highest BCUT2D eigenvalue weighted by Crippen LogP contribution is 2.05. The summed E-state index contributed by atoms with van der Waals surface area (Å²) in [6.07, 6.45) is -0.0989. The van der Waals surface area contributed by atoms with Gasteiger partial charge in [0.1, 0.15) is 0 Å². The lowest BCUT2D eigenvalue weighted by Crippen LogP contribution is -2.36. The van der Waals surface area contributed by atoms with Crippen LogP contribution in [0.25, 0.3) is 0 Å². The van der Waals surface area contributed by atoms with Gasteiger partial charge in [-0.2, -0.15) is 0 Å². The van der Waals surface area contributed by atoms with Crippen LogP contribution in [0.5, 0.6) is 0 Å². The lowest BCUT2D eigenvalue weighted by Gasteiger charge is -2.15. The summed E-state index contributed by atoms with van der Waals surface area (Å²) in [7, 11) is 1.42. The summed E-state index contributed by atoms with van der Waals surface area (Å²) in [4.78, 5) is 37.2. The van der Waals surface area contributed by atoms with Crippen molar-refractivity contribution < 1.29 is 14.4 Å². The van der Waals surface area contributed by atoms with Crippen LogP contribution in [0.1, 0.15) is 28.8 Å². The predicted octanol–water partition coefficient (Wildman–Crippen LogP) is 2.42. The third-order valence-electron chi connectivity index (χ3n) is 3.84. The molecule has 2 rings (SSSR count). The number of imide groups is 1. The molecule has 0 spiro atoms. The molecule has 25 heavy (non-hydrogen) atoms. The van der Waals surface area contributed by atoms with E-state index in [1.54, 1.807) is 30.3 Å².